The molecule has 0 unspecified atom stereocenters. The van der Waals surface area contributed by atoms with E-state index in [1.165, 1.54) is 0 Å². The number of nitrogens with one attached hydrogen (secondary N) is 2. The van der Waals surface area contributed by atoms with E-state index in [2.05, 4.69) is 248 Å². The van der Waals surface area contributed by atoms with Crippen molar-refractivity contribution in [2.75, 3.05) is 0 Å². The molecule has 3 amide bonds. The number of aliphatic imine (C=N–C) groups is 3. The maximum Gasteiger partial charge on any atom is 1.00 e. The third-order valence-electron chi connectivity index (χ3n) is 23.9. The van der Waals surface area contributed by atoms with E-state index in [0.29, 0.717) is 37.1 Å². The largest absolute Gasteiger partial charge is 1.00 e. The third kappa shape index (κ3) is 18.5. The minimum Gasteiger partial charge on any atom is -0.662 e. The molecule has 3 aliphatic heterocycles. The van der Waals surface area contributed by atoms with Gasteiger partial charge >= 0.3 is 29.6 Å². The average molecular weight is 1630 g/mol. The van der Waals surface area contributed by atoms with Crippen molar-refractivity contribution in [3.63, 3.8) is 0 Å². The fraction of sp³-hybridized carbons (Fsp3) is 0.333. The smallest absolute Gasteiger partial charge is 0.662 e. The maximum absolute atomic E-state index is 13.8. The number of aromatic amines is 2. The summed E-state index contributed by atoms with van der Waals surface area (Å²) in [7, 11) is 0. The Hall–Kier alpha value is -12.0. The second kappa shape index (κ2) is 40.4. The number of aromatic nitrogens is 12. The molecule has 25 heteroatoms. The summed E-state index contributed by atoms with van der Waals surface area (Å²) < 4.78 is 1.98. The van der Waals surface area contributed by atoms with Gasteiger partial charge in [-0.3, -0.25) is 48.9 Å². The van der Waals surface area contributed by atoms with E-state index < -0.39 is 22.2 Å². The predicted octanol–water partition coefficient (Wildman–Crippen LogP) is 14.7. The van der Waals surface area contributed by atoms with Crippen LogP contribution in [-0.2, 0) is 49.2 Å². The first-order valence-corrected chi connectivity index (χ1v) is 41.9. The van der Waals surface area contributed by atoms with E-state index in [4.69, 9.17) is 35.3 Å². The molecule has 121 heavy (non-hydrogen) atoms. The molecule has 24 nitrogen and oxygen atoms in total. The molecule has 0 saturated heterocycles. The number of hydrogen-bond donors (Lipinski definition) is 2. The molecule has 2 N–H and O–H groups in total. The Balaban J connectivity index is 0.000000158. The number of carbonyl (C=O) groups is 4. The Morgan fingerprint density at radius 3 is 0.983 bits per heavy atom. The van der Waals surface area contributed by atoms with Crippen LogP contribution in [0.4, 0.5) is 0 Å². The van der Waals surface area contributed by atoms with Crippen molar-refractivity contribution >= 4 is 41.7 Å². The number of carbonyl (C=O) groups excluding carboxylic acids is 4. The number of hydrogen-bond acceptors (Lipinski definition) is 18. The SMILES string of the molecule is C.CCCCC1=NC2(CCCC2)C(=O)N1Cc1ccc(-c2ccccc2-c2nn[nH]n2)cc1.CCCCC1=NC2(CCCC2)C(=O)N1Cc1ccc(-c2ccccc2-c2nn[nH]n2)cc1.CCCCC1=NC2(CCCC2)C(=O)N1Cc1ccc(-c2ccccc2-c2nnnn2C(c2ccccc2)(c2ccccc2)c2ccccc2)cc1.O=CO[O-].[Na+]. The number of tetrazole rings is 3. The fourth-order valence-corrected chi connectivity index (χ4v) is 17.8. The Labute approximate surface area is 729 Å². The Bertz CT molecular complexity index is 5220. The molecule has 614 valence electrons. The van der Waals surface area contributed by atoms with Crippen LogP contribution < -0.4 is 34.8 Å². The summed E-state index contributed by atoms with van der Waals surface area (Å²) in [5, 5.41) is 51.2. The van der Waals surface area contributed by atoms with Gasteiger partial charge in [0.1, 0.15) is 39.7 Å². The second-order valence-corrected chi connectivity index (χ2v) is 31.4. The molecule has 3 aromatic heterocycles. The zero-order valence-corrected chi connectivity index (χ0v) is 70.7. The summed E-state index contributed by atoms with van der Waals surface area (Å²) >= 11 is 0. The molecule has 18 rings (SSSR count). The van der Waals surface area contributed by atoms with Crippen LogP contribution in [0.15, 0.2) is 252 Å². The minimum absolute atomic E-state index is 0. The first-order chi connectivity index (χ1) is 58.5. The van der Waals surface area contributed by atoms with Gasteiger partial charge in [0, 0.05) is 36.0 Å². The summed E-state index contributed by atoms with van der Waals surface area (Å²) in [5.74, 6) is 5.31. The number of amidine groups is 3. The van der Waals surface area contributed by atoms with Gasteiger partial charge in [0.25, 0.3) is 24.2 Å². The van der Waals surface area contributed by atoms with Crippen LogP contribution in [0.25, 0.3) is 67.5 Å². The Kier molecular flexibility index (Phi) is 29.0. The number of H-pyrrole nitrogens is 2. The molecule has 0 atom stereocenters. The first kappa shape index (κ1) is 86.9. The molecule has 3 fully saturated rings. The molecular weight excluding hydrogens is 1520 g/mol. The number of unbranched alkanes of at least 4 members (excludes halogenated alkanes) is 3. The fourth-order valence-electron chi connectivity index (χ4n) is 17.8. The molecular formula is C96H103N18NaO6. The first-order valence-electron chi connectivity index (χ1n) is 41.9. The van der Waals surface area contributed by atoms with E-state index in [0.717, 1.165) is 236 Å². The van der Waals surface area contributed by atoms with Crippen LogP contribution in [0, 0.1) is 0 Å². The molecule has 0 bridgehead atoms. The van der Waals surface area contributed by atoms with Crippen LogP contribution >= 0.6 is 0 Å². The van der Waals surface area contributed by atoms with Gasteiger partial charge in [0.15, 0.2) is 5.82 Å². The van der Waals surface area contributed by atoms with E-state index >= 15 is 0 Å². The quantitative estimate of drug-likeness (QED) is 0.0167. The van der Waals surface area contributed by atoms with Gasteiger partial charge < -0.3 is 10.1 Å². The predicted molar refractivity (Wildman–Crippen MR) is 463 cm³/mol. The average Bonchev–Trinajstić information content (AvgIpc) is 1.71. The molecule has 6 heterocycles. The Morgan fingerprint density at radius 1 is 0.405 bits per heavy atom. The van der Waals surface area contributed by atoms with E-state index in [9.17, 15) is 14.4 Å². The van der Waals surface area contributed by atoms with Crippen LogP contribution in [0.2, 0.25) is 0 Å². The number of nitrogens with zero attached hydrogens (tertiary/aromatic N) is 16. The van der Waals surface area contributed by atoms with Gasteiger partial charge in [-0.25, -0.2) is 4.68 Å². The van der Waals surface area contributed by atoms with Crippen molar-refractivity contribution in [2.45, 2.75) is 205 Å². The van der Waals surface area contributed by atoms with Crippen molar-refractivity contribution in [1.82, 2.24) is 76.2 Å². The summed E-state index contributed by atoms with van der Waals surface area (Å²) in [6.07, 6.45) is 20.9. The molecule has 9 aromatic carbocycles. The zero-order valence-electron chi connectivity index (χ0n) is 68.7. The van der Waals surface area contributed by atoms with Gasteiger partial charge in [0.05, 0.1) is 19.6 Å². The standard InChI is InChI=1S/C44H42N6O.2C25H28N6O.CH2O3.CH4.Na/c1-2-3-25-40-45-43(30-15-16-31-43)42(51)49(40)32-33-26-28-34(29-27-33)38-23-13-14-24-39(38)41-46-47-48-50(41)44(35-17-7-4-8-18-35,36-19-9-5-10-20-36)37-21-11-6-12-22-37;2*1-2-3-10-22-26-25(15-6-7-16-25)24(32)31(22)17-18-11-13-19(14-12-18)20-8-4-5-9-21(20)23-27-29-30-28-23;2-1-4-3;;/h4-14,17-24,26-29H,2-3,15-16,25,30-32H2,1H3;2*4-5,8-9,11-14H,2-3,6-7,10,15-17H2,1H3,(H,27,28,29,30);1,3H;1H4;/q;;;;;+1/p-1. The van der Waals surface area contributed by atoms with Gasteiger partial charge in [-0.15, -0.1) is 25.5 Å². The van der Waals surface area contributed by atoms with Crippen molar-refractivity contribution < 1.29 is 58.9 Å². The van der Waals surface area contributed by atoms with Crippen LogP contribution in [0.3, 0.4) is 0 Å². The molecule has 3 spiro atoms. The van der Waals surface area contributed by atoms with Gasteiger partial charge in [-0.05, 0) is 145 Å². The second-order valence-electron chi connectivity index (χ2n) is 31.4. The molecule has 0 radical (unpaired) electrons. The monoisotopic (exact) mass is 1630 g/mol. The molecule has 3 saturated carbocycles. The van der Waals surface area contributed by atoms with Crippen LogP contribution in [0.5, 0.6) is 0 Å². The topological polar surface area (TPSA) is 300 Å². The van der Waals surface area contributed by atoms with Crippen LogP contribution in [-0.4, -0.2) is 134 Å². The molecule has 12 aromatic rings. The van der Waals surface area contributed by atoms with Crippen molar-refractivity contribution in [1.29, 1.82) is 0 Å². The van der Waals surface area contributed by atoms with Crippen molar-refractivity contribution in [2.24, 2.45) is 15.0 Å². The van der Waals surface area contributed by atoms with Gasteiger partial charge in [0.2, 0.25) is 11.6 Å². The van der Waals surface area contributed by atoms with E-state index in [1.54, 1.807) is 0 Å². The normalized spacial score (nSPS) is 15.9. The summed E-state index contributed by atoms with van der Waals surface area (Å²) in [6.45, 7) is 8.06. The maximum atomic E-state index is 13.8. The summed E-state index contributed by atoms with van der Waals surface area (Å²) in [6, 6.07) is 81.2. The Morgan fingerprint density at radius 2 is 0.694 bits per heavy atom. The van der Waals surface area contributed by atoms with Gasteiger partial charge in [-0.1, -0.05) is 323 Å². The zero-order chi connectivity index (χ0) is 82.0. The summed E-state index contributed by atoms with van der Waals surface area (Å²) in [5.41, 5.74) is 13.2. The van der Waals surface area contributed by atoms with Crippen molar-refractivity contribution in [3.05, 3.63) is 270 Å². The van der Waals surface area contributed by atoms with Crippen LogP contribution in [0.1, 0.15) is 196 Å². The van der Waals surface area contributed by atoms with Crippen molar-refractivity contribution in [3.8, 4) is 67.5 Å². The minimum atomic E-state index is -0.852. The van der Waals surface area contributed by atoms with E-state index in [1.807, 2.05) is 80.0 Å². The summed E-state index contributed by atoms with van der Waals surface area (Å²) in [4.78, 5) is 72.7. The molecule has 6 aliphatic rings. The number of rotatable bonds is 26. The van der Waals surface area contributed by atoms with Gasteiger partial charge in [-0.2, -0.15) is 10.4 Å². The molecule has 3 aliphatic carbocycles. The third-order valence-corrected chi connectivity index (χ3v) is 23.9. The number of benzene rings is 9. The number of amides is 3. The van der Waals surface area contributed by atoms with E-state index in [-0.39, 0.29) is 61.2 Å².